The van der Waals surface area contributed by atoms with Gasteiger partial charge >= 0.3 is 0 Å². The topological polar surface area (TPSA) is 43.4 Å². The molecular formula is C14H22N2O2S. The molecule has 3 rings (SSSR count). The first-order valence-corrected chi connectivity index (χ1v) is 8.13. The van der Waals surface area contributed by atoms with Crippen LogP contribution < -0.4 is 5.32 Å². The number of nitrogens with zero attached hydrogens (tertiary/aromatic N) is 1. The summed E-state index contributed by atoms with van der Waals surface area (Å²) in [4.78, 5) is 4.88. The van der Waals surface area contributed by atoms with Crippen molar-refractivity contribution in [1.29, 1.82) is 0 Å². The predicted molar refractivity (Wildman–Crippen MR) is 75.4 cm³/mol. The van der Waals surface area contributed by atoms with Crippen LogP contribution in [0.1, 0.15) is 49.4 Å². The number of nitrogens with one attached hydrogen (secondary N) is 1. The van der Waals surface area contributed by atoms with Crippen LogP contribution in [-0.4, -0.2) is 31.3 Å². The zero-order valence-electron chi connectivity index (χ0n) is 11.5. The van der Waals surface area contributed by atoms with Crippen molar-refractivity contribution in [3.8, 4) is 0 Å². The fourth-order valence-electron chi connectivity index (χ4n) is 2.99. The van der Waals surface area contributed by atoms with E-state index in [4.69, 9.17) is 14.5 Å². The fraction of sp³-hybridized carbons (Fsp3) is 0.786. The van der Waals surface area contributed by atoms with E-state index in [1.54, 1.807) is 11.3 Å². The Bertz CT molecular complexity index is 404. The van der Waals surface area contributed by atoms with E-state index in [9.17, 15) is 0 Å². The highest BCUT2D eigenvalue weighted by atomic mass is 32.1. The fourth-order valence-corrected chi connectivity index (χ4v) is 4.08. The molecule has 0 radical (unpaired) electrons. The molecule has 2 aliphatic heterocycles. The van der Waals surface area contributed by atoms with Gasteiger partial charge in [-0.25, -0.2) is 4.98 Å². The molecule has 19 heavy (non-hydrogen) atoms. The van der Waals surface area contributed by atoms with Gasteiger partial charge in [0, 0.05) is 38.0 Å². The van der Waals surface area contributed by atoms with Crippen molar-refractivity contribution in [1.82, 2.24) is 10.3 Å². The minimum atomic E-state index is -0.200. The Balaban J connectivity index is 1.81. The van der Waals surface area contributed by atoms with E-state index in [0.717, 1.165) is 44.2 Å². The van der Waals surface area contributed by atoms with Crippen molar-refractivity contribution in [3.63, 3.8) is 0 Å². The Morgan fingerprint density at radius 3 is 3.05 bits per heavy atom. The maximum Gasteiger partial charge on any atom is 0.125 e. The highest BCUT2D eigenvalue weighted by Crippen LogP contribution is 2.39. The molecule has 106 valence electrons. The van der Waals surface area contributed by atoms with Crippen molar-refractivity contribution < 1.29 is 9.47 Å². The van der Waals surface area contributed by atoms with Gasteiger partial charge in [0.05, 0.1) is 11.7 Å². The van der Waals surface area contributed by atoms with Crippen LogP contribution in [0.3, 0.4) is 0 Å². The Morgan fingerprint density at radius 2 is 2.37 bits per heavy atom. The molecule has 0 unspecified atom stereocenters. The van der Waals surface area contributed by atoms with E-state index in [2.05, 4.69) is 17.6 Å². The normalized spacial score (nSPS) is 26.7. The molecule has 0 aliphatic carbocycles. The SMILES string of the molecule is CCOC1(c2nc([C@@H]3CCCN3)cs2)CCOCC1. The van der Waals surface area contributed by atoms with Crippen molar-refractivity contribution in [2.45, 2.75) is 44.2 Å². The second kappa shape index (κ2) is 5.87. The van der Waals surface area contributed by atoms with Crippen LogP contribution >= 0.6 is 11.3 Å². The van der Waals surface area contributed by atoms with Crippen molar-refractivity contribution in [3.05, 3.63) is 16.1 Å². The van der Waals surface area contributed by atoms with E-state index >= 15 is 0 Å². The monoisotopic (exact) mass is 282 g/mol. The maximum absolute atomic E-state index is 6.08. The van der Waals surface area contributed by atoms with E-state index in [0.29, 0.717) is 6.04 Å². The summed E-state index contributed by atoms with van der Waals surface area (Å²) in [5, 5.41) is 6.86. The largest absolute Gasteiger partial charge is 0.381 e. The van der Waals surface area contributed by atoms with Crippen molar-refractivity contribution >= 4 is 11.3 Å². The molecule has 0 spiro atoms. The molecule has 2 aliphatic rings. The number of rotatable bonds is 4. The zero-order valence-corrected chi connectivity index (χ0v) is 12.3. The third kappa shape index (κ3) is 2.70. The molecule has 0 bridgehead atoms. The Morgan fingerprint density at radius 1 is 1.53 bits per heavy atom. The summed E-state index contributed by atoms with van der Waals surface area (Å²) in [6, 6.07) is 0.448. The molecule has 2 saturated heterocycles. The molecule has 1 aromatic rings. The van der Waals surface area contributed by atoms with Crippen LogP contribution in [0.4, 0.5) is 0 Å². The van der Waals surface area contributed by atoms with Crippen LogP contribution in [-0.2, 0) is 15.1 Å². The van der Waals surface area contributed by atoms with Gasteiger partial charge in [0.2, 0.25) is 0 Å². The second-order valence-corrected chi connectivity index (χ2v) is 6.12. The lowest BCUT2D eigenvalue weighted by molar-refractivity contribution is -0.112. The first-order chi connectivity index (χ1) is 9.34. The minimum Gasteiger partial charge on any atom is -0.381 e. The predicted octanol–water partition coefficient (Wildman–Crippen LogP) is 2.61. The van der Waals surface area contributed by atoms with Gasteiger partial charge in [-0.3, -0.25) is 0 Å². The van der Waals surface area contributed by atoms with Crippen LogP contribution in [0, 0.1) is 0 Å². The van der Waals surface area contributed by atoms with Crippen LogP contribution in [0.15, 0.2) is 5.38 Å². The van der Waals surface area contributed by atoms with Gasteiger partial charge in [-0.15, -0.1) is 11.3 Å². The lowest BCUT2D eigenvalue weighted by Crippen LogP contribution is -2.36. The standard InChI is InChI=1S/C14H22N2O2S/c1-2-18-14(5-8-17-9-6-14)13-16-12(10-19-13)11-4-3-7-15-11/h10-11,15H,2-9H2,1H3/t11-/m0/s1. The lowest BCUT2D eigenvalue weighted by Gasteiger charge is -2.35. The van der Waals surface area contributed by atoms with Crippen LogP contribution in [0.2, 0.25) is 0 Å². The van der Waals surface area contributed by atoms with Gasteiger partial charge in [0.1, 0.15) is 10.6 Å². The third-order valence-electron chi connectivity index (χ3n) is 4.05. The lowest BCUT2D eigenvalue weighted by atomic mass is 9.94. The Kier molecular flexibility index (Phi) is 4.17. The van der Waals surface area contributed by atoms with Crippen molar-refractivity contribution in [2.75, 3.05) is 26.4 Å². The Labute approximate surface area is 118 Å². The van der Waals surface area contributed by atoms with E-state index in [1.807, 2.05) is 0 Å². The first-order valence-electron chi connectivity index (χ1n) is 7.25. The van der Waals surface area contributed by atoms with E-state index in [-0.39, 0.29) is 5.60 Å². The number of aromatic nitrogens is 1. The molecule has 5 heteroatoms. The summed E-state index contributed by atoms with van der Waals surface area (Å²) in [5.74, 6) is 0. The first kappa shape index (κ1) is 13.5. The van der Waals surface area contributed by atoms with Gasteiger partial charge in [0.15, 0.2) is 0 Å². The molecule has 4 nitrogen and oxygen atoms in total. The molecule has 0 amide bonds. The molecule has 1 N–H and O–H groups in total. The Hall–Kier alpha value is -0.490. The smallest absolute Gasteiger partial charge is 0.125 e. The summed E-state index contributed by atoms with van der Waals surface area (Å²) in [6.07, 6.45) is 4.30. The average molecular weight is 282 g/mol. The summed E-state index contributed by atoms with van der Waals surface area (Å²) in [5.41, 5.74) is 0.997. The van der Waals surface area contributed by atoms with E-state index < -0.39 is 0 Å². The summed E-state index contributed by atoms with van der Waals surface area (Å²) in [7, 11) is 0. The third-order valence-corrected chi connectivity index (χ3v) is 5.10. The highest BCUT2D eigenvalue weighted by Gasteiger charge is 2.38. The highest BCUT2D eigenvalue weighted by molar-refractivity contribution is 7.09. The molecule has 3 heterocycles. The quantitative estimate of drug-likeness (QED) is 0.922. The van der Waals surface area contributed by atoms with Crippen molar-refractivity contribution in [2.24, 2.45) is 0 Å². The molecule has 0 saturated carbocycles. The molecule has 2 fully saturated rings. The maximum atomic E-state index is 6.08. The summed E-state index contributed by atoms with van der Waals surface area (Å²) >= 11 is 1.75. The molecule has 1 atom stereocenters. The summed E-state index contributed by atoms with van der Waals surface area (Å²) < 4.78 is 11.6. The molecule has 0 aromatic carbocycles. The molecule has 1 aromatic heterocycles. The summed E-state index contributed by atoms with van der Waals surface area (Å²) in [6.45, 7) is 5.45. The number of hydrogen-bond acceptors (Lipinski definition) is 5. The number of hydrogen-bond donors (Lipinski definition) is 1. The zero-order chi connectivity index (χ0) is 13.1. The van der Waals surface area contributed by atoms with Gasteiger partial charge in [-0.2, -0.15) is 0 Å². The van der Waals surface area contributed by atoms with Gasteiger partial charge in [-0.1, -0.05) is 0 Å². The van der Waals surface area contributed by atoms with Crippen LogP contribution in [0.25, 0.3) is 0 Å². The minimum absolute atomic E-state index is 0.200. The van der Waals surface area contributed by atoms with Crippen LogP contribution in [0.5, 0.6) is 0 Å². The van der Waals surface area contributed by atoms with Gasteiger partial charge in [-0.05, 0) is 26.3 Å². The van der Waals surface area contributed by atoms with Gasteiger partial charge < -0.3 is 14.8 Å². The average Bonchev–Trinajstić information content (AvgIpc) is 3.11. The molecular weight excluding hydrogens is 260 g/mol. The van der Waals surface area contributed by atoms with E-state index in [1.165, 1.54) is 18.5 Å². The van der Waals surface area contributed by atoms with Gasteiger partial charge in [0.25, 0.3) is 0 Å². The number of ether oxygens (including phenoxy) is 2. The second-order valence-electron chi connectivity index (χ2n) is 5.27. The number of thiazole rings is 1.